The summed E-state index contributed by atoms with van der Waals surface area (Å²) in [5, 5.41) is 0.400. The summed E-state index contributed by atoms with van der Waals surface area (Å²) in [5.41, 5.74) is 6.01. The second kappa shape index (κ2) is 6.88. The van der Waals surface area contributed by atoms with E-state index in [0.29, 0.717) is 10.6 Å². The minimum absolute atomic E-state index is 0.0395. The van der Waals surface area contributed by atoms with Crippen molar-refractivity contribution in [2.24, 2.45) is 5.73 Å². The van der Waals surface area contributed by atoms with Gasteiger partial charge in [0.25, 0.3) is 0 Å². The van der Waals surface area contributed by atoms with Crippen molar-refractivity contribution >= 4 is 33.2 Å². The summed E-state index contributed by atoms with van der Waals surface area (Å²) in [7, 11) is -2.22. The van der Waals surface area contributed by atoms with E-state index >= 15 is 0 Å². The Hall–Kier alpha value is -0.370. The molecule has 1 unspecified atom stereocenters. The third kappa shape index (κ3) is 4.30. The fourth-order valence-electron chi connectivity index (χ4n) is 1.32. The fourth-order valence-corrected chi connectivity index (χ4v) is 3.31. The monoisotopic (exact) mass is 326 g/mol. The molecular formula is C11H16Cl2N2O3S. The Labute approximate surface area is 123 Å². The van der Waals surface area contributed by atoms with E-state index in [9.17, 15) is 8.42 Å². The van der Waals surface area contributed by atoms with E-state index in [0.717, 1.165) is 0 Å². The Bertz CT molecular complexity index is 549. The van der Waals surface area contributed by atoms with E-state index in [4.69, 9.17) is 33.7 Å². The molecule has 8 heteroatoms. The highest BCUT2D eigenvalue weighted by atomic mass is 35.5. The molecule has 1 aromatic carbocycles. The van der Waals surface area contributed by atoms with Gasteiger partial charge in [-0.25, -0.2) is 13.1 Å². The number of methoxy groups -OCH3 is 1. The summed E-state index contributed by atoms with van der Waals surface area (Å²) in [6, 6.07) is 2.75. The highest BCUT2D eigenvalue weighted by Crippen LogP contribution is 2.28. The van der Waals surface area contributed by atoms with Gasteiger partial charge in [0.05, 0.1) is 11.1 Å². The van der Waals surface area contributed by atoms with Crippen molar-refractivity contribution in [1.29, 1.82) is 0 Å². The molecule has 1 aromatic rings. The smallest absolute Gasteiger partial charge is 0.242 e. The molecule has 0 bridgehead atoms. The summed E-state index contributed by atoms with van der Waals surface area (Å²) < 4.78 is 31.6. The Kier molecular flexibility index (Phi) is 6.04. The number of ether oxygens (including phenoxy) is 1. The predicted octanol–water partition coefficient (Wildman–Crippen LogP) is 1.77. The van der Waals surface area contributed by atoms with Gasteiger partial charge < -0.3 is 10.5 Å². The molecule has 1 rings (SSSR count). The molecule has 0 saturated heterocycles. The average Bonchev–Trinajstić information content (AvgIpc) is 2.35. The molecule has 0 aliphatic heterocycles. The number of halogens is 2. The highest BCUT2D eigenvalue weighted by Gasteiger charge is 2.20. The summed E-state index contributed by atoms with van der Waals surface area (Å²) in [6.45, 7) is 2.03. The first-order valence-electron chi connectivity index (χ1n) is 5.52. The van der Waals surface area contributed by atoms with Crippen LogP contribution >= 0.6 is 23.2 Å². The molecule has 0 spiro atoms. The number of hydrogen-bond donors (Lipinski definition) is 2. The number of nitrogens with two attached hydrogens (primary N) is 1. The lowest BCUT2D eigenvalue weighted by Gasteiger charge is -2.13. The topological polar surface area (TPSA) is 81.4 Å². The molecule has 0 aliphatic rings. The van der Waals surface area contributed by atoms with E-state index in [1.54, 1.807) is 6.92 Å². The standard InChI is InChI=1S/C11H16Cl2N2O3S/c1-7(18-2)6-15-19(16,17)11-3-8(5-14)9(12)4-10(11)13/h3-4,7,15H,5-6,14H2,1-2H3. The lowest BCUT2D eigenvalue weighted by atomic mass is 10.2. The zero-order valence-corrected chi connectivity index (χ0v) is 12.9. The number of nitrogens with one attached hydrogen (secondary N) is 1. The zero-order valence-electron chi connectivity index (χ0n) is 10.6. The third-order valence-corrected chi connectivity index (χ3v) is 4.81. The number of hydrogen-bond acceptors (Lipinski definition) is 4. The maximum Gasteiger partial charge on any atom is 0.242 e. The molecule has 0 heterocycles. The molecule has 0 fully saturated rings. The van der Waals surface area contributed by atoms with Crippen LogP contribution in [0.1, 0.15) is 12.5 Å². The van der Waals surface area contributed by atoms with Crippen LogP contribution in [0.4, 0.5) is 0 Å². The Morgan fingerprint density at radius 1 is 1.37 bits per heavy atom. The van der Waals surface area contributed by atoms with E-state index in [1.165, 1.54) is 19.2 Å². The van der Waals surface area contributed by atoms with Crippen LogP contribution in [0, 0.1) is 0 Å². The Morgan fingerprint density at radius 2 is 2.00 bits per heavy atom. The van der Waals surface area contributed by atoms with Crippen molar-refractivity contribution in [1.82, 2.24) is 4.72 Å². The molecule has 19 heavy (non-hydrogen) atoms. The van der Waals surface area contributed by atoms with Crippen molar-refractivity contribution in [2.75, 3.05) is 13.7 Å². The molecule has 3 N–H and O–H groups in total. The SMILES string of the molecule is COC(C)CNS(=O)(=O)c1cc(CN)c(Cl)cc1Cl. The molecule has 0 saturated carbocycles. The number of sulfonamides is 1. The second-order valence-electron chi connectivity index (χ2n) is 3.98. The van der Waals surface area contributed by atoms with Crippen LogP contribution < -0.4 is 10.5 Å². The zero-order chi connectivity index (χ0) is 14.6. The van der Waals surface area contributed by atoms with Gasteiger partial charge in [-0.1, -0.05) is 23.2 Å². The molecular weight excluding hydrogens is 311 g/mol. The molecule has 5 nitrogen and oxygen atoms in total. The first kappa shape index (κ1) is 16.7. The minimum atomic E-state index is -3.72. The minimum Gasteiger partial charge on any atom is -0.380 e. The number of rotatable bonds is 6. The van der Waals surface area contributed by atoms with Crippen LogP contribution in [-0.2, 0) is 21.3 Å². The Morgan fingerprint density at radius 3 is 2.53 bits per heavy atom. The molecule has 0 radical (unpaired) electrons. The lowest BCUT2D eigenvalue weighted by molar-refractivity contribution is 0.122. The van der Waals surface area contributed by atoms with Gasteiger partial charge in [0, 0.05) is 25.2 Å². The average molecular weight is 327 g/mol. The Balaban J connectivity index is 3.07. The molecule has 0 aliphatic carbocycles. The van der Waals surface area contributed by atoms with Gasteiger partial charge in [0.15, 0.2) is 0 Å². The van der Waals surface area contributed by atoms with Crippen molar-refractivity contribution in [3.05, 3.63) is 27.7 Å². The summed E-state index contributed by atoms with van der Waals surface area (Å²) >= 11 is 11.8. The van der Waals surface area contributed by atoms with E-state index in [-0.39, 0.29) is 29.1 Å². The predicted molar refractivity (Wildman–Crippen MR) is 76.0 cm³/mol. The van der Waals surface area contributed by atoms with Gasteiger partial charge in [-0.15, -0.1) is 0 Å². The first-order chi connectivity index (χ1) is 8.81. The maximum absolute atomic E-state index is 12.1. The van der Waals surface area contributed by atoms with Gasteiger partial charge >= 0.3 is 0 Å². The third-order valence-electron chi connectivity index (χ3n) is 2.57. The van der Waals surface area contributed by atoms with E-state index < -0.39 is 10.0 Å². The molecule has 108 valence electrons. The summed E-state index contributed by atoms with van der Waals surface area (Å²) in [6.07, 6.45) is -0.241. The first-order valence-corrected chi connectivity index (χ1v) is 7.76. The largest absolute Gasteiger partial charge is 0.380 e. The normalized spacial score (nSPS) is 13.5. The van der Waals surface area contributed by atoms with Crippen LogP contribution in [0.25, 0.3) is 0 Å². The van der Waals surface area contributed by atoms with Crippen LogP contribution in [-0.4, -0.2) is 28.2 Å². The summed E-state index contributed by atoms with van der Waals surface area (Å²) in [5.74, 6) is 0. The van der Waals surface area contributed by atoms with Crippen LogP contribution in [0.5, 0.6) is 0 Å². The van der Waals surface area contributed by atoms with Gasteiger partial charge in [0.1, 0.15) is 4.90 Å². The molecule has 0 aromatic heterocycles. The van der Waals surface area contributed by atoms with E-state index in [1.807, 2.05) is 0 Å². The van der Waals surface area contributed by atoms with Gasteiger partial charge in [-0.05, 0) is 24.6 Å². The molecule has 0 amide bonds. The second-order valence-corrected chi connectivity index (χ2v) is 6.53. The maximum atomic E-state index is 12.1. The number of benzene rings is 1. The van der Waals surface area contributed by atoms with Crippen molar-refractivity contribution in [3.8, 4) is 0 Å². The van der Waals surface area contributed by atoms with Crippen molar-refractivity contribution < 1.29 is 13.2 Å². The highest BCUT2D eigenvalue weighted by molar-refractivity contribution is 7.89. The molecule has 1 atom stereocenters. The van der Waals surface area contributed by atoms with Crippen LogP contribution in [0.15, 0.2) is 17.0 Å². The van der Waals surface area contributed by atoms with Crippen LogP contribution in [0.2, 0.25) is 10.0 Å². The van der Waals surface area contributed by atoms with Crippen LogP contribution in [0.3, 0.4) is 0 Å². The van der Waals surface area contributed by atoms with Gasteiger partial charge in [0.2, 0.25) is 10.0 Å². The lowest BCUT2D eigenvalue weighted by Crippen LogP contribution is -2.31. The van der Waals surface area contributed by atoms with E-state index in [2.05, 4.69) is 4.72 Å². The fraction of sp³-hybridized carbons (Fsp3) is 0.455. The van der Waals surface area contributed by atoms with Gasteiger partial charge in [-0.3, -0.25) is 0 Å². The quantitative estimate of drug-likeness (QED) is 0.834. The van der Waals surface area contributed by atoms with Gasteiger partial charge in [-0.2, -0.15) is 0 Å². The van der Waals surface area contributed by atoms with Crippen molar-refractivity contribution in [3.63, 3.8) is 0 Å². The summed E-state index contributed by atoms with van der Waals surface area (Å²) in [4.78, 5) is -0.0395. The van der Waals surface area contributed by atoms with Crippen molar-refractivity contribution in [2.45, 2.75) is 24.5 Å².